The summed E-state index contributed by atoms with van der Waals surface area (Å²) in [6, 6.07) is 21.1. The molecule has 1 N–H and O–H groups in total. The van der Waals surface area contributed by atoms with Gasteiger partial charge in [-0.05, 0) is 46.9 Å². The molecule has 0 fully saturated rings. The number of hydrogen-bond acceptors (Lipinski definition) is 3. The Morgan fingerprint density at radius 1 is 1.00 bits per heavy atom. The number of anilines is 1. The van der Waals surface area contributed by atoms with Gasteiger partial charge in [-0.15, -0.1) is 0 Å². The maximum Gasteiger partial charge on any atom is 0.248 e. The molecule has 2 aromatic carbocycles. The van der Waals surface area contributed by atoms with E-state index >= 15 is 0 Å². The third-order valence-electron chi connectivity index (χ3n) is 4.17. The van der Waals surface area contributed by atoms with Crippen molar-refractivity contribution in [1.29, 1.82) is 0 Å². The number of amides is 1. The summed E-state index contributed by atoms with van der Waals surface area (Å²) in [5, 5.41) is 2.83. The first-order valence-corrected chi connectivity index (χ1v) is 9.19. The van der Waals surface area contributed by atoms with E-state index in [9.17, 15) is 4.79 Å². The van der Waals surface area contributed by atoms with E-state index in [-0.39, 0.29) is 11.3 Å². The minimum atomic E-state index is -0.245. The highest BCUT2D eigenvalue weighted by atomic mass is 16.5. The minimum Gasteiger partial charge on any atom is -0.437 e. The zero-order valence-corrected chi connectivity index (χ0v) is 16.3. The van der Waals surface area contributed by atoms with Crippen molar-refractivity contribution in [3.8, 4) is 11.6 Å². The summed E-state index contributed by atoms with van der Waals surface area (Å²) < 4.78 is 5.96. The molecule has 0 saturated heterocycles. The van der Waals surface area contributed by atoms with Crippen LogP contribution in [0.2, 0.25) is 0 Å². The number of ether oxygens (including phenoxy) is 1. The molecule has 0 unspecified atom stereocenters. The van der Waals surface area contributed by atoms with E-state index in [0.29, 0.717) is 17.3 Å². The topological polar surface area (TPSA) is 51.2 Å². The molecule has 4 heteroatoms. The normalized spacial score (nSPS) is 11.4. The Morgan fingerprint density at radius 2 is 1.79 bits per heavy atom. The molecule has 0 saturated carbocycles. The van der Waals surface area contributed by atoms with E-state index in [2.05, 4.69) is 37.1 Å². The van der Waals surface area contributed by atoms with E-state index in [4.69, 9.17) is 4.74 Å². The summed E-state index contributed by atoms with van der Waals surface area (Å²) in [5.41, 5.74) is 2.66. The highest BCUT2D eigenvalue weighted by Gasteiger charge is 2.15. The van der Waals surface area contributed by atoms with Crippen molar-refractivity contribution in [2.75, 3.05) is 5.32 Å². The Morgan fingerprint density at radius 3 is 2.54 bits per heavy atom. The molecular weight excluding hydrogens is 348 g/mol. The molecule has 3 rings (SSSR count). The molecule has 4 nitrogen and oxygen atoms in total. The average Bonchev–Trinajstić information content (AvgIpc) is 2.68. The third kappa shape index (κ3) is 5.30. The van der Waals surface area contributed by atoms with Gasteiger partial charge in [0.05, 0.1) is 0 Å². The molecule has 0 radical (unpaired) electrons. The van der Waals surface area contributed by atoms with Crippen LogP contribution in [-0.4, -0.2) is 10.9 Å². The van der Waals surface area contributed by atoms with Crippen LogP contribution in [0, 0.1) is 0 Å². The van der Waals surface area contributed by atoms with Crippen LogP contribution in [0.25, 0.3) is 6.08 Å². The number of hydrogen-bond donors (Lipinski definition) is 1. The monoisotopic (exact) mass is 372 g/mol. The van der Waals surface area contributed by atoms with Crippen LogP contribution in [0.4, 0.5) is 5.69 Å². The summed E-state index contributed by atoms with van der Waals surface area (Å²) in [6.45, 7) is 6.45. The van der Waals surface area contributed by atoms with Crippen LogP contribution in [0.3, 0.4) is 0 Å². The fourth-order valence-corrected chi connectivity index (χ4v) is 2.62. The van der Waals surface area contributed by atoms with Crippen molar-refractivity contribution in [2.24, 2.45) is 0 Å². The van der Waals surface area contributed by atoms with E-state index < -0.39 is 0 Å². The smallest absolute Gasteiger partial charge is 0.248 e. The molecule has 0 atom stereocenters. The first-order valence-electron chi connectivity index (χ1n) is 9.19. The molecule has 1 amide bonds. The Labute approximate surface area is 165 Å². The van der Waals surface area contributed by atoms with Crippen molar-refractivity contribution in [1.82, 2.24) is 4.98 Å². The number of carbonyl (C=O) groups is 1. The number of aromatic nitrogens is 1. The lowest BCUT2D eigenvalue weighted by molar-refractivity contribution is -0.111. The number of nitrogens with zero attached hydrogens (tertiary/aromatic N) is 1. The van der Waals surface area contributed by atoms with Gasteiger partial charge >= 0.3 is 0 Å². The molecule has 1 aromatic heterocycles. The van der Waals surface area contributed by atoms with E-state index in [1.54, 1.807) is 24.4 Å². The van der Waals surface area contributed by atoms with Crippen molar-refractivity contribution in [3.05, 3.63) is 90.1 Å². The fourth-order valence-electron chi connectivity index (χ4n) is 2.62. The lowest BCUT2D eigenvalue weighted by Gasteiger charge is -2.19. The van der Waals surface area contributed by atoms with Gasteiger partial charge < -0.3 is 10.1 Å². The maximum atomic E-state index is 12.3. The van der Waals surface area contributed by atoms with Crippen molar-refractivity contribution < 1.29 is 9.53 Å². The van der Waals surface area contributed by atoms with Gasteiger partial charge in [-0.25, -0.2) is 4.98 Å². The number of carbonyl (C=O) groups excluding carboxylic acids is 1. The second-order valence-corrected chi connectivity index (χ2v) is 7.47. The van der Waals surface area contributed by atoms with Gasteiger partial charge in [0.25, 0.3) is 0 Å². The standard InChI is InChI=1S/C24H24N2O2/c1-24(2,3)19-11-7-12-20(17-19)28-23-21(13-8-16-25-23)26-22(27)15-14-18-9-5-4-6-10-18/h4-17H,1-3H3,(H,26,27)/b15-14+. The van der Waals surface area contributed by atoms with Gasteiger partial charge in [-0.3, -0.25) is 4.79 Å². The van der Waals surface area contributed by atoms with E-state index in [1.165, 1.54) is 6.08 Å². The predicted octanol–water partition coefficient (Wildman–Crippen LogP) is 5.82. The number of rotatable bonds is 5. The Balaban J connectivity index is 1.75. The van der Waals surface area contributed by atoms with Crippen molar-refractivity contribution in [2.45, 2.75) is 26.2 Å². The number of benzene rings is 2. The Kier molecular flexibility index (Phi) is 5.90. The van der Waals surface area contributed by atoms with Crippen LogP contribution in [0.15, 0.2) is 79.0 Å². The fraction of sp³-hybridized carbons (Fsp3) is 0.167. The van der Waals surface area contributed by atoms with Crippen molar-refractivity contribution >= 4 is 17.7 Å². The summed E-state index contributed by atoms with van der Waals surface area (Å²) in [6.07, 6.45) is 4.89. The molecule has 28 heavy (non-hydrogen) atoms. The number of nitrogens with one attached hydrogen (secondary N) is 1. The van der Waals surface area contributed by atoms with Gasteiger partial charge in [-0.1, -0.05) is 63.2 Å². The second-order valence-electron chi connectivity index (χ2n) is 7.47. The zero-order valence-electron chi connectivity index (χ0n) is 16.3. The third-order valence-corrected chi connectivity index (χ3v) is 4.17. The molecule has 1 heterocycles. The molecule has 142 valence electrons. The maximum absolute atomic E-state index is 12.3. The molecule has 0 aliphatic heterocycles. The first kappa shape index (κ1) is 19.4. The largest absolute Gasteiger partial charge is 0.437 e. The second kappa shape index (κ2) is 8.53. The molecule has 0 aliphatic rings. The SMILES string of the molecule is CC(C)(C)c1cccc(Oc2ncccc2NC(=O)/C=C/c2ccccc2)c1. The summed E-state index contributed by atoms with van der Waals surface area (Å²) >= 11 is 0. The highest BCUT2D eigenvalue weighted by Crippen LogP contribution is 2.30. The predicted molar refractivity (Wildman–Crippen MR) is 114 cm³/mol. The van der Waals surface area contributed by atoms with Gasteiger partial charge in [0.2, 0.25) is 11.8 Å². The van der Waals surface area contributed by atoms with E-state index in [0.717, 1.165) is 11.1 Å². The molecule has 3 aromatic rings. The van der Waals surface area contributed by atoms with E-state index in [1.807, 2.05) is 48.5 Å². The lowest BCUT2D eigenvalue weighted by atomic mass is 9.87. The molecule has 0 aliphatic carbocycles. The van der Waals surface area contributed by atoms with Crippen LogP contribution in [-0.2, 0) is 10.2 Å². The molecule has 0 bridgehead atoms. The number of pyridine rings is 1. The summed E-state index contributed by atoms with van der Waals surface area (Å²) in [7, 11) is 0. The molecule has 0 spiro atoms. The van der Waals surface area contributed by atoms with Crippen LogP contribution in [0.5, 0.6) is 11.6 Å². The Hall–Kier alpha value is -3.40. The Bertz CT molecular complexity index is 973. The highest BCUT2D eigenvalue weighted by molar-refractivity contribution is 6.02. The van der Waals surface area contributed by atoms with Crippen LogP contribution < -0.4 is 10.1 Å². The first-order chi connectivity index (χ1) is 13.4. The quantitative estimate of drug-likeness (QED) is 0.574. The van der Waals surface area contributed by atoms with Crippen molar-refractivity contribution in [3.63, 3.8) is 0 Å². The van der Waals surface area contributed by atoms with Crippen LogP contribution >= 0.6 is 0 Å². The van der Waals surface area contributed by atoms with Gasteiger partial charge in [0.15, 0.2) is 0 Å². The van der Waals surface area contributed by atoms with Crippen LogP contribution in [0.1, 0.15) is 31.9 Å². The zero-order chi connectivity index (χ0) is 20.0. The average molecular weight is 372 g/mol. The summed E-state index contributed by atoms with van der Waals surface area (Å²) in [4.78, 5) is 16.6. The van der Waals surface area contributed by atoms with Gasteiger partial charge in [0, 0.05) is 12.3 Å². The van der Waals surface area contributed by atoms with Gasteiger partial charge in [-0.2, -0.15) is 0 Å². The molecular formula is C24H24N2O2. The van der Waals surface area contributed by atoms with Gasteiger partial charge in [0.1, 0.15) is 11.4 Å². The lowest BCUT2D eigenvalue weighted by Crippen LogP contribution is -2.11. The minimum absolute atomic E-state index is 0.0166. The summed E-state index contributed by atoms with van der Waals surface area (Å²) in [5.74, 6) is 0.793.